The number of alkyl halides is 2. The number of piperidine rings is 1. The van der Waals surface area contributed by atoms with Crippen LogP contribution in [0, 0.1) is 0 Å². The fraction of sp³-hybridized carbons (Fsp3) is 0.440. The average Bonchev–Trinajstić information content (AvgIpc) is 2.81. The first-order valence-electron chi connectivity index (χ1n) is 11.1. The molecular weight excluding hydrogens is 430 g/mol. The number of halogens is 2. The van der Waals surface area contributed by atoms with Gasteiger partial charge in [-0.2, -0.15) is 0 Å². The molecular formula is C25H28F2N2O4. The van der Waals surface area contributed by atoms with Gasteiger partial charge in [-0.3, -0.25) is 0 Å². The minimum absolute atomic E-state index is 0.00885. The Balaban J connectivity index is 1.46. The molecule has 2 aliphatic rings. The zero-order chi connectivity index (χ0) is 23.4. The summed E-state index contributed by atoms with van der Waals surface area (Å²) >= 11 is 0. The summed E-state index contributed by atoms with van der Waals surface area (Å²) in [5, 5.41) is 3.33. The van der Waals surface area contributed by atoms with E-state index in [9.17, 15) is 18.4 Å². The van der Waals surface area contributed by atoms with Crippen molar-refractivity contribution in [1.82, 2.24) is 10.2 Å². The maximum atomic E-state index is 13.3. The average molecular weight is 459 g/mol. The van der Waals surface area contributed by atoms with Gasteiger partial charge < -0.3 is 19.7 Å². The van der Waals surface area contributed by atoms with Gasteiger partial charge >= 0.3 is 12.1 Å². The summed E-state index contributed by atoms with van der Waals surface area (Å²) in [6.07, 6.45) is 0.504. The molecule has 1 aliphatic carbocycles. The number of nitrogens with zero attached hydrogens (tertiary/aromatic N) is 1. The van der Waals surface area contributed by atoms with Crippen molar-refractivity contribution in [3.05, 3.63) is 71.3 Å². The first-order valence-corrected chi connectivity index (χ1v) is 11.1. The van der Waals surface area contributed by atoms with Crippen molar-refractivity contribution in [3.8, 4) is 0 Å². The lowest BCUT2D eigenvalue weighted by Gasteiger charge is -2.43. The SMILES string of the molecule is COC(=O)c1ccc([C@@H]2CC(NC3CC(F)(F)C3)CCN2C(=O)OCc2ccccc2)cc1. The highest BCUT2D eigenvalue weighted by Gasteiger charge is 2.46. The third-order valence-electron chi connectivity index (χ3n) is 6.32. The lowest BCUT2D eigenvalue weighted by atomic mass is 9.85. The molecule has 4 rings (SSSR count). The van der Waals surface area contributed by atoms with Crippen LogP contribution < -0.4 is 5.32 Å². The Morgan fingerprint density at radius 2 is 1.76 bits per heavy atom. The van der Waals surface area contributed by atoms with E-state index in [0.29, 0.717) is 24.9 Å². The van der Waals surface area contributed by atoms with Gasteiger partial charge in [-0.05, 0) is 36.1 Å². The number of amides is 1. The third kappa shape index (κ3) is 5.68. The van der Waals surface area contributed by atoms with Crippen molar-refractivity contribution in [1.29, 1.82) is 0 Å². The largest absolute Gasteiger partial charge is 0.465 e. The number of nitrogens with one attached hydrogen (secondary N) is 1. The number of likely N-dealkylation sites (tertiary alicyclic amines) is 1. The number of rotatable bonds is 6. The molecule has 0 spiro atoms. The fourth-order valence-electron chi connectivity index (χ4n) is 4.53. The smallest absolute Gasteiger partial charge is 0.410 e. The Morgan fingerprint density at radius 3 is 2.39 bits per heavy atom. The second-order valence-electron chi connectivity index (χ2n) is 8.71. The minimum atomic E-state index is -2.58. The van der Waals surface area contributed by atoms with E-state index in [1.54, 1.807) is 29.2 Å². The minimum Gasteiger partial charge on any atom is -0.465 e. The molecule has 6 nitrogen and oxygen atoms in total. The Labute approximate surface area is 191 Å². The van der Waals surface area contributed by atoms with Gasteiger partial charge in [-0.1, -0.05) is 42.5 Å². The standard InChI is InChI=1S/C25H28F2N2O4/c1-32-23(30)19-9-7-18(8-10-19)22-13-20(28-21-14-25(26,27)15-21)11-12-29(22)24(31)33-16-17-5-3-2-4-6-17/h2-10,20-22,28H,11-16H2,1H3/t20?,22-/m0/s1. The van der Waals surface area contributed by atoms with Crippen molar-refractivity contribution in [2.24, 2.45) is 0 Å². The van der Waals surface area contributed by atoms with Gasteiger partial charge in [-0.15, -0.1) is 0 Å². The number of carbonyl (C=O) groups excluding carboxylic acids is 2. The lowest BCUT2D eigenvalue weighted by Crippen LogP contribution is -2.55. The maximum Gasteiger partial charge on any atom is 0.410 e. The van der Waals surface area contributed by atoms with E-state index < -0.39 is 18.0 Å². The van der Waals surface area contributed by atoms with Gasteiger partial charge in [0, 0.05) is 31.5 Å². The maximum absolute atomic E-state index is 13.3. The molecule has 0 aromatic heterocycles. The van der Waals surface area contributed by atoms with Crippen molar-refractivity contribution in [2.45, 2.75) is 56.3 Å². The molecule has 2 fully saturated rings. The summed E-state index contributed by atoms with van der Waals surface area (Å²) in [6, 6.07) is 15.9. The van der Waals surface area contributed by atoms with Crippen LogP contribution in [0.4, 0.5) is 13.6 Å². The van der Waals surface area contributed by atoms with Crippen LogP contribution in [0.2, 0.25) is 0 Å². The van der Waals surface area contributed by atoms with Crippen LogP contribution in [-0.4, -0.2) is 48.6 Å². The molecule has 1 saturated carbocycles. The number of carbonyl (C=O) groups is 2. The Morgan fingerprint density at radius 1 is 1.06 bits per heavy atom. The van der Waals surface area contributed by atoms with Gasteiger partial charge in [-0.25, -0.2) is 18.4 Å². The number of hydrogen-bond acceptors (Lipinski definition) is 5. The van der Waals surface area contributed by atoms with Crippen LogP contribution in [-0.2, 0) is 16.1 Å². The van der Waals surface area contributed by atoms with Crippen molar-refractivity contribution in [2.75, 3.05) is 13.7 Å². The third-order valence-corrected chi connectivity index (χ3v) is 6.32. The molecule has 1 aliphatic heterocycles. The molecule has 1 amide bonds. The van der Waals surface area contributed by atoms with Crippen LogP contribution in [0.15, 0.2) is 54.6 Å². The van der Waals surface area contributed by atoms with Gasteiger partial charge in [0.15, 0.2) is 0 Å². The lowest BCUT2D eigenvalue weighted by molar-refractivity contribution is -0.0962. The number of ether oxygens (including phenoxy) is 2. The highest BCUT2D eigenvalue weighted by molar-refractivity contribution is 5.89. The molecule has 0 bridgehead atoms. The Bertz CT molecular complexity index is 960. The summed E-state index contributed by atoms with van der Waals surface area (Å²) in [5.41, 5.74) is 2.17. The number of methoxy groups -OCH3 is 1. The molecule has 1 heterocycles. The van der Waals surface area contributed by atoms with E-state index in [0.717, 1.165) is 11.1 Å². The van der Waals surface area contributed by atoms with Crippen LogP contribution >= 0.6 is 0 Å². The molecule has 2 atom stereocenters. The summed E-state index contributed by atoms with van der Waals surface area (Å²) in [4.78, 5) is 26.4. The molecule has 2 aromatic rings. The molecule has 2 aromatic carbocycles. The quantitative estimate of drug-likeness (QED) is 0.636. The van der Waals surface area contributed by atoms with Gasteiger partial charge in [0.05, 0.1) is 18.7 Å². The highest BCUT2D eigenvalue weighted by atomic mass is 19.3. The monoisotopic (exact) mass is 458 g/mol. The van der Waals surface area contributed by atoms with Crippen molar-refractivity contribution >= 4 is 12.1 Å². The van der Waals surface area contributed by atoms with Crippen molar-refractivity contribution < 1.29 is 27.8 Å². The van der Waals surface area contributed by atoms with Crippen molar-refractivity contribution in [3.63, 3.8) is 0 Å². The Kier molecular flexibility index (Phi) is 6.93. The van der Waals surface area contributed by atoms with Crippen LogP contribution in [0.3, 0.4) is 0 Å². The second-order valence-corrected chi connectivity index (χ2v) is 8.71. The molecule has 8 heteroatoms. The first-order chi connectivity index (χ1) is 15.8. The van der Waals surface area contributed by atoms with E-state index >= 15 is 0 Å². The molecule has 1 saturated heterocycles. The van der Waals surface area contributed by atoms with E-state index in [-0.39, 0.29) is 37.6 Å². The normalized spacial score (nSPS) is 22.3. The molecule has 1 unspecified atom stereocenters. The number of hydrogen-bond donors (Lipinski definition) is 1. The summed E-state index contributed by atoms with van der Waals surface area (Å²) in [5.74, 6) is -3.02. The fourth-order valence-corrected chi connectivity index (χ4v) is 4.53. The molecule has 1 N–H and O–H groups in total. The predicted molar refractivity (Wildman–Crippen MR) is 118 cm³/mol. The number of esters is 1. The highest BCUT2D eigenvalue weighted by Crippen LogP contribution is 2.39. The molecule has 33 heavy (non-hydrogen) atoms. The van der Waals surface area contributed by atoms with E-state index in [4.69, 9.17) is 9.47 Å². The van der Waals surface area contributed by atoms with Crippen LogP contribution in [0.5, 0.6) is 0 Å². The predicted octanol–water partition coefficient (Wildman–Crippen LogP) is 4.70. The zero-order valence-corrected chi connectivity index (χ0v) is 18.5. The van der Waals surface area contributed by atoms with E-state index in [1.807, 2.05) is 30.3 Å². The summed E-state index contributed by atoms with van der Waals surface area (Å²) in [7, 11) is 1.32. The number of benzene rings is 2. The Hall–Kier alpha value is -3.00. The zero-order valence-electron chi connectivity index (χ0n) is 18.5. The van der Waals surface area contributed by atoms with E-state index in [2.05, 4.69) is 5.32 Å². The van der Waals surface area contributed by atoms with Gasteiger partial charge in [0.2, 0.25) is 0 Å². The van der Waals surface area contributed by atoms with Gasteiger partial charge in [0.1, 0.15) is 6.61 Å². The molecule has 0 radical (unpaired) electrons. The van der Waals surface area contributed by atoms with Crippen LogP contribution in [0.1, 0.15) is 53.2 Å². The first kappa shape index (κ1) is 23.2. The summed E-state index contributed by atoms with van der Waals surface area (Å²) < 4.78 is 36.8. The topological polar surface area (TPSA) is 67.9 Å². The van der Waals surface area contributed by atoms with E-state index in [1.165, 1.54) is 7.11 Å². The van der Waals surface area contributed by atoms with Gasteiger partial charge in [0.25, 0.3) is 5.92 Å². The molecule has 176 valence electrons. The second kappa shape index (κ2) is 9.87. The summed E-state index contributed by atoms with van der Waals surface area (Å²) in [6.45, 7) is 0.612. The van der Waals surface area contributed by atoms with Crippen LogP contribution in [0.25, 0.3) is 0 Å².